The van der Waals surface area contributed by atoms with Crippen LogP contribution in [0.25, 0.3) is 0 Å². The van der Waals surface area contributed by atoms with Crippen LogP contribution in [0.1, 0.15) is 12.8 Å². The predicted octanol–water partition coefficient (Wildman–Crippen LogP) is 7.68. The molecule has 0 fully saturated rings. The smallest absolute Gasteiger partial charge is 0.00844 e. The minimum Gasteiger partial charge on any atom is -0.0794 e. The fraction of sp³-hybridized carbons (Fsp3) is 0.0588. The van der Waals surface area contributed by atoms with Crippen molar-refractivity contribution in [3.63, 3.8) is 0 Å². The molecule has 2 aliphatic carbocycles. The minimum atomic E-state index is -0.616. The third-order valence-electron chi connectivity index (χ3n) is 6.72. The average Bonchev–Trinajstić information content (AvgIpc) is 3.62. The highest BCUT2D eigenvalue weighted by molar-refractivity contribution is 7.77. The van der Waals surface area contributed by atoms with Crippen molar-refractivity contribution in [3.8, 4) is 0 Å². The van der Waals surface area contributed by atoms with Crippen LogP contribution in [-0.4, -0.2) is 0 Å². The van der Waals surface area contributed by atoms with Crippen LogP contribution in [0.3, 0.4) is 0 Å². The first-order chi connectivity index (χ1) is 17.9. The van der Waals surface area contributed by atoms with Crippen molar-refractivity contribution in [2.75, 3.05) is 0 Å². The van der Waals surface area contributed by atoms with Gasteiger partial charge >= 0.3 is 0 Å². The molecule has 0 spiro atoms. The highest BCUT2D eigenvalue weighted by Gasteiger charge is 2.29. The van der Waals surface area contributed by atoms with Crippen molar-refractivity contribution in [2.45, 2.75) is 12.8 Å². The van der Waals surface area contributed by atoms with Gasteiger partial charge in [-0.3, -0.25) is 0 Å². The Balaban J connectivity index is 1.53. The first-order valence-corrected chi connectivity index (χ1v) is 15.2. The molecule has 4 aromatic carbocycles. The predicted molar refractivity (Wildman–Crippen MR) is 160 cm³/mol. The minimum absolute atomic E-state index is 0.616. The lowest BCUT2D eigenvalue weighted by Crippen LogP contribution is -2.14. The second-order valence-corrected chi connectivity index (χ2v) is 13.3. The van der Waals surface area contributed by atoms with Gasteiger partial charge in [0.15, 0.2) is 0 Å². The molecule has 0 amide bonds. The molecule has 0 aromatic heterocycles. The van der Waals surface area contributed by atoms with Crippen molar-refractivity contribution in [1.29, 1.82) is 0 Å². The van der Waals surface area contributed by atoms with E-state index in [1.807, 2.05) is 0 Å². The Morgan fingerprint density at radius 2 is 0.639 bits per heavy atom. The van der Waals surface area contributed by atoms with E-state index < -0.39 is 15.8 Å². The van der Waals surface area contributed by atoms with Crippen molar-refractivity contribution >= 4 is 37.1 Å². The quantitative estimate of drug-likeness (QED) is 0.229. The molecule has 0 atom stereocenters. The molecule has 36 heavy (non-hydrogen) atoms. The Morgan fingerprint density at radius 3 is 0.917 bits per heavy atom. The van der Waals surface area contributed by atoms with Crippen LogP contribution in [0.2, 0.25) is 0 Å². The van der Waals surface area contributed by atoms with Crippen LogP contribution >= 0.6 is 15.8 Å². The van der Waals surface area contributed by atoms with E-state index in [0.717, 1.165) is 12.8 Å². The molecule has 0 saturated heterocycles. The van der Waals surface area contributed by atoms with Crippen LogP contribution in [0.5, 0.6) is 0 Å². The fourth-order valence-corrected chi connectivity index (χ4v) is 10.2. The van der Waals surface area contributed by atoms with E-state index in [4.69, 9.17) is 0 Å². The summed E-state index contributed by atoms with van der Waals surface area (Å²) in [6.45, 7) is 0. The number of hydrogen-bond donors (Lipinski definition) is 0. The van der Waals surface area contributed by atoms with E-state index in [9.17, 15) is 0 Å². The summed E-state index contributed by atoms with van der Waals surface area (Å²) in [7, 11) is -1.23. The third-order valence-corrected chi connectivity index (χ3v) is 11.8. The molecule has 0 unspecified atom stereocenters. The molecule has 174 valence electrons. The fourth-order valence-electron chi connectivity index (χ4n) is 5.12. The number of rotatable bonds is 7. The first-order valence-electron chi connectivity index (χ1n) is 12.5. The standard InChI is InChI=1S/C34H28P2/c1-5-15-27(16-6-1)35(28-17-7-2-8-18-28)33-25-13-23-31(33)32-24-14-26-34(32)36(29-19-9-3-10-20-29)30-21-11-4-12-22-30/h1-22,25-26H,23-24H2. The van der Waals surface area contributed by atoms with Gasteiger partial charge in [-0.2, -0.15) is 0 Å². The van der Waals surface area contributed by atoms with E-state index in [0.29, 0.717) is 0 Å². The van der Waals surface area contributed by atoms with Crippen molar-refractivity contribution in [2.24, 2.45) is 0 Å². The molecular weight excluding hydrogens is 470 g/mol. The van der Waals surface area contributed by atoms with Gasteiger partial charge in [0.1, 0.15) is 0 Å². The third kappa shape index (κ3) is 4.60. The Morgan fingerprint density at radius 1 is 0.361 bits per heavy atom. The Labute approximate surface area is 216 Å². The zero-order valence-corrected chi connectivity index (χ0v) is 22.0. The molecule has 4 aromatic rings. The summed E-state index contributed by atoms with van der Waals surface area (Å²) < 4.78 is 0. The molecule has 0 radical (unpaired) electrons. The first kappa shape index (κ1) is 23.1. The lowest BCUT2D eigenvalue weighted by Gasteiger charge is -2.25. The summed E-state index contributed by atoms with van der Waals surface area (Å²) in [6.07, 6.45) is 11.6. The lowest BCUT2D eigenvalue weighted by molar-refractivity contribution is 1.17. The summed E-state index contributed by atoms with van der Waals surface area (Å²) in [6, 6.07) is 44.3. The van der Waals surface area contributed by atoms with E-state index >= 15 is 0 Å². The largest absolute Gasteiger partial charge is 0.0794 e. The number of benzene rings is 4. The molecule has 0 N–H and O–H groups in total. The summed E-state index contributed by atoms with van der Waals surface area (Å²) in [5, 5.41) is 8.68. The van der Waals surface area contributed by atoms with Gasteiger partial charge in [-0.05, 0) is 71.7 Å². The van der Waals surface area contributed by atoms with Gasteiger partial charge in [0.2, 0.25) is 0 Å². The monoisotopic (exact) mass is 498 g/mol. The summed E-state index contributed by atoms with van der Waals surface area (Å²) in [5.41, 5.74) is 3.07. The SMILES string of the molecule is C1=CC(P(c2ccccc2)c2ccccc2)=C(C2=C(P(c3ccccc3)c3ccccc3)C=CC2)C1. The maximum Gasteiger partial charge on any atom is -0.00844 e. The topological polar surface area (TPSA) is 0 Å². The van der Waals surface area contributed by atoms with Gasteiger partial charge in [0, 0.05) is 0 Å². The summed E-state index contributed by atoms with van der Waals surface area (Å²) >= 11 is 0. The molecule has 2 heteroatoms. The number of allylic oxidation sites excluding steroid dienone is 8. The number of hydrogen-bond acceptors (Lipinski definition) is 0. The lowest BCUT2D eigenvalue weighted by atomic mass is 10.0. The Bertz CT molecular complexity index is 1250. The highest BCUT2D eigenvalue weighted by Crippen LogP contribution is 2.55. The van der Waals surface area contributed by atoms with E-state index in [1.54, 1.807) is 0 Å². The van der Waals surface area contributed by atoms with Crippen molar-refractivity contribution in [3.05, 3.63) is 167 Å². The second-order valence-electron chi connectivity index (χ2n) is 8.95. The van der Waals surface area contributed by atoms with E-state index in [-0.39, 0.29) is 0 Å². The van der Waals surface area contributed by atoms with Gasteiger partial charge in [0.25, 0.3) is 0 Å². The zero-order chi connectivity index (χ0) is 24.2. The molecule has 0 aliphatic heterocycles. The molecule has 2 aliphatic rings. The zero-order valence-electron chi connectivity index (χ0n) is 20.2. The van der Waals surface area contributed by atoms with Crippen LogP contribution in [0, 0.1) is 0 Å². The van der Waals surface area contributed by atoms with Crippen molar-refractivity contribution in [1.82, 2.24) is 0 Å². The van der Waals surface area contributed by atoms with Gasteiger partial charge < -0.3 is 0 Å². The van der Waals surface area contributed by atoms with Crippen LogP contribution in [-0.2, 0) is 0 Å². The molecule has 6 rings (SSSR count). The molecule has 0 saturated carbocycles. The molecular formula is C34H28P2. The maximum atomic E-state index is 2.41. The van der Waals surface area contributed by atoms with Gasteiger partial charge in [-0.25, -0.2) is 0 Å². The van der Waals surface area contributed by atoms with E-state index in [2.05, 4.69) is 146 Å². The normalized spacial score (nSPS) is 15.1. The maximum absolute atomic E-state index is 2.41. The Kier molecular flexibility index (Phi) is 6.91. The summed E-state index contributed by atoms with van der Waals surface area (Å²) in [5.74, 6) is 0. The molecule has 0 heterocycles. The van der Waals surface area contributed by atoms with Crippen molar-refractivity contribution < 1.29 is 0 Å². The van der Waals surface area contributed by atoms with Crippen LogP contribution < -0.4 is 21.2 Å². The van der Waals surface area contributed by atoms with Gasteiger partial charge in [-0.1, -0.05) is 146 Å². The van der Waals surface area contributed by atoms with Crippen LogP contribution in [0.4, 0.5) is 0 Å². The molecule has 0 bridgehead atoms. The van der Waals surface area contributed by atoms with Gasteiger partial charge in [-0.15, -0.1) is 0 Å². The highest BCUT2D eigenvalue weighted by atomic mass is 31.1. The molecule has 0 nitrogen and oxygen atoms in total. The van der Waals surface area contributed by atoms with E-state index in [1.165, 1.54) is 43.0 Å². The Hall–Kier alpha value is -3.30. The van der Waals surface area contributed by atoms with Crippen LogP contribution in [0.15, 0.2) is 167 Å². The van der Waals surface area contributed by atoms with Gasteiger partial charge in [0.05, 0.1) is 0 Å². The summed E-state index contributed by atoms with van der Waals surface area (Å²) in [4.78, 5) is 0. The second kappa shape index (κ2) is 10.8. The average molecular weight is 499 g/mol.